The molecule has 0 amide bonds. The van der Waals surface area contributed by atoms with Crippen LogP contribution in [0.3, 0.4) is 0 Å². The van der Waals surface area contributed by atoms with Crippen LogP contribution in [0.4, 0.5) is 4.39 Å². The lowest BCUT2D eigenvalue weighted by molar-refractivity contribution is 0.0694. The maximum absolute atomic E-state index is 13.1. The molecular weight excluding hydrogens is 335 g/mol. The maximum atomic E-state index is 13.1. The topological polar surface area (TPSA) is 63.5 Å². The summed E-state index contributed by atoms with van der Waals surface area (Å²) in [6.07, 6.45) is 2.34. The Balaban J connectivity index is 1.80. The minimum absolute atomic E-state index is 0.214. The molecule has 1 fully saturated rings. The highest BCUT2D eigenvalue weighted by atomic mass is 19.1. The molecule has 1 saturated heterocycles. The van der Waals surface area contributed by atoms with Crippen molar-refractivity contribution < 1.29 is 19.0 Å². The molecule has 0 aliphatic carbocycles. The summed E-state index contributed by atoms with van der Waals surface area (Å²) in [7, 11) is 0. The van der Waals surface area contributed by atoms with Crippen LogP contribution in [0, 0.1) is 19.7 Å². The van der Waals surface area contributed by atoms with Gasteiger partial charge in [-0.2, -0.15) is 0 Å². The summed E-state index contributed by atoms with van der Waals surface area (Å²) in [4.78, 5) is 11.8. The van der Waals surface area contributed by atoms with Crippen LogP contribution in [0.5, 0.6) is 0 Å². The smallest absolute Gasteiger partial charge is 0.337 e. The highest BCUT2D eigenvalue weighted by Gasteiger charge is 2.23. The van der Waals surface area contributed by atoms with Crippen molar-refractivity contribution in [3.63, 3.8) is 0 Å². The monoisotopic (exact) mass is 360 g/mol. The Morgan fingerprint density at radius 1 is 1.31 bits per heavy atom. The van der Waals surface area contributed by atoms with Crippen LogP contribution in [0.2, 0.25) is 0 Å². The predicted molar refractivity (Wildman–Crippen MR) is 97.0 cm³/mol. The molecule has 1 aromatic heterocycles. The number of carboxylic acid groups (broad SMARTS) is 1. The number of rotatable bonds is 7. The first-order valence-electron chi connectivity index (χ1n) is 8.96. The van der Waals surface area contributed by atoms with Crippen molar-refractivity contribution in [1.29, 1.82) is 0 Å². The minimum Gasteiger partial charge on any atom is -0.478 e. The summed E-state index contributed by atoms with van der Waals surface area (Å²) >= 11 is 0. The van der Waals surface area contributed by atoms with E-state index in [0.29, 0.717) is 24.3 Å². The van der Waals surface area contributed by atoms with Crippen LogP contribution in [0.1, 0.15) is 45.7 Å². The van der Waals surface area contributed by atoms with E-state index in [1.165, 1.54) is 12.1 Å². The number of ether oxygens (including phenoxy) is 1. The Bertz CT molecular complexity index is 777. The normalized spacial score (nSPS) is 17.0. The van der Waals surface area contributed by atoms with Gasteiger partial charge in [0, 0.05) is 43.2 Å². The lowest BCUT2D eigenvalue weighted by atomic mass is 10.1. The van der Waals surface area contributed by atoms with Crippen LogP contribution in [-0.2, 0) is 17.8 Å². The Labute approximate surface area is 152 Å². The van der Waals surface area contributed by atoms with E-state index in [-0.39, 0.29) is 11.9 Å². The van der Waals surface area contributed by atoms with Crippen LogP contribution in [0.25, 0.3) is 0 Å². The number of aromatic nitrogens is 1. The van der Waals surface area contributed by atoms with Gasteiger partial charge in [-0.25, -0.2) is 9.18 Å². The van der Waals surface area contributed by atoms with Crippen molar-refractivity contribution >= 4 is 5.97 Å². The van der Waals surface area contributed by atoms with Crippen LogP contribution >= 0.6 is 0 Å². The number of carboxylic acids is 1. The van der Waals surface area contributed by atoms with Crippen molar-refractivity contribution in [3.05, 3.63) is 58.2 Å². The van der Waals surface area contributed by atoms with E-state index >= 15 is 0 Å². The SMILES string of the molecule is Cc1c(CNCC2CCCO2)c(C(=O)O)c(C)n1Cc1ccc(F)cc1. The summed E-state index contributed by atoms with van der Waals surface area (Å²) < 4.78 is 20.7. The van der Waals surface area contributed by atoms with Gasteiger partial charge in [0.1, 0.15) is 5.82 Å². The first-order valence-corrected chi connectivity index (χ1v) is 8.96. The number of halogens is 1. The Morgan fingerprint density at radius 2 is 2.04 bits per heavy atom. The molecule has 2 heterocycles. The molecule has 0 bridgehead atoms. The van der Waals surface area contributed by atoms with Crippen LogP contribution < -0.4 is 5.32 Å². The van der Waals surface area contributed by atoms with Gasteiger partial charge in [0.2, 0.25) is 0 Å². The van der Waals surface area contributed by atoms with E-state index in [1.807, 2.05) is 18.4 Å². The molecule has 140 valence electrons. The molecule has 1 atom stereocenters. The molecule has 1 aliphatic rings. The second-order valence-electron chi connectivity index (χ2n) is 6.81. The average Bonchev–Trinajstić information content (AvgIpc) is 3.19. The zero-order valence-electron chi connectivity index (χ0n) is 15.2. The van der Waals surface area contributed by atoms with Gasteiger partial charge in [-0.05, 0) is 44.4 Å². The van der Waals surface area contributed by atoms with Crippen molar-refractivity contribution in [3.8, 4) is 0 Å². The van der Waals surface area contributed by atoms with E-state index in [4.69, 9.17) is 4.74 Å². The van der Waals surface area contributed by atoms with Crippen molar-refractivity contribution in [1.82, 2.24) is 9.88 Å². The molecule has 0 radical (unpaired) electrons. The summed E-state index contributed by atoms with van der Waals surface area (Å²) in [5, 5.41) is 13.0. The van der Waals surface area contributed by atoms with Gasteiger partial charge >= 0.3 is 5.97 Å². The lowest BCUT2D eigenvalue weighted by Crippen LogP contribution is -2.26. The number of carbonyl (C=O) groups is 1. The lowest BCUT2D eigenvalue weighted by Gasteiger charge is -2.12. The van der Waals surface area contributed by atoms with Crippen molar-refractivity contribution in [2.24, 2.45) is 0 Å². The fraction of sp³-hybridized carbons (Fsp3) is 0.450. The van der Waals surface area contributed by atoms with Crippen molar-refractivity contribution in [2.75, 3.05) is 13.2 Å². The van der Waals surface area contributed by atoms with E-state index in [1.54, 1.807) is 12.1 Å². The molecule has 1 aromatic carbocycles. The fourth-order valence-corrected chi connectivity index (χ4v) is 3.62. The Kier molecular flexibility index (Phi) is 5.74. The van der Waals surface area contributed by atoms with Crippen LogP contribution in [0.15, 0.2) is 24.3 Å². The third kappa shape index (κ3) is 3.97. The molecule has 1 unspecified atom stereocenters. The van der Waals surface area contributed by atoms with E-state index in [9.17, 15) is 14.3 Å². The molecule has 0 spiro atoms. The number of nitrogens with zero attached hydrogens (tertiary/aromatic N) is 1. The molecule has 1 aliphatic heterocycles. The van der Waals surface area contributed by atoms with Crippen LogP contribution in [-0.4, -0.2) is 34.9 Å². The van der Waals surface area contributed by atoms with Gasteiger partial charge in [0.25, 0.3) is 0 Å². The first kappa shape index (κ1) is 18.6. The molecule has 5 nitrogen and oxygen atoms in total. The van der Waals surface area contributed by atoms with Gasteiger partial charge in [-0.3, -0.25) is 0 Å². The summed E-state index contributed by atoms with van der Waals surface area (Å²) in [6.45, 7) is 6.30. The molecule has 26 heavy (non-hydrogen) atoms. The average molecular weight is 360 g/mol. The second-order valence-corrected chi connectivity index (χ2v) is 6.81. The first-order chi connectivity index (χ1) is 12.5. The highest BCUT2D eigenvalue weighted by molar-refractivity contribution is 5.91. The predicted octanol–water partition coefficient (Wildman–Crippen LogP) is 3.26. The molecule has 2 N–H and O–H groups in total. The van der Waals surface area contributed by atoms with Gasteiger partial charge in [-0.15, -0.1) is 0 Å². The van der Waals surface area contributed by atoms with Crippen molar-refractivity contribution in [2.45, 2.75) is 45.9 Å². The zero-order valence-corrected chi connectivity index (χ0v) is 15.2. The summed E-state index contributed by atoms with van der Waals surface area (Å²) in [6, 6.07) is 6.30. The Morgan fingerprint density at radius 3 is 2.65 bits per heavy atom. The number of benzene rings is 1. The van der Waals surface area contributed by atoms with E-state index < -0.39 is 5.97 Å². The van der Waals surface area contributed by atoms with Gasteiger partial charge in [0.05, 0.1) is 11.7 Å². The number of hydrogen-bond acceptors (Lipinski definition) is 3. The second kappa shape index (κ2) is 8.01. The summed E-state index contributed by atoms with van der Waals surface area (Å²) in [5.41, 5.74) is 3.72. The molecular formula is C20H25FN2O3. The van der Waals surface area contributed by atoms with Gasteiger partial charge < -0.3 is 19.7 Å². The third-order valence-electron chi connectivity index (χ3n) is 5.08. The molecule has 3 rings (SSSR count). The quantitative estimate of drug-likeness (QED) is 0.796. The minimum atomic E-state index is -0.919. The summed E-state index contributed by atoms with van der Waals surface area (Å²) in [5.74, 6) is -1.20. The maximum Gasteiger partial charge on any atom is 0.337 e. The third-order valence-corrected chi connectivity index (χ3v) is 5.08. The number of hydrogen-bond donors (Lipinski definition) is 2. The molecule has 6 heteroatoms. The van der Waals surface area contributed by atoms with E-state index in [2.05, 4.69) is 5.32 Å². The largest absolute Gasteiger partial charge is 0.478 e. The Hall–Kier alpha value is -2.18. The number of aromatic carboxylic acids is 1. The standard InChI is InChI=1S/C20H25FN2O3/c1-13-18(11-22-10-17-4-3-9-26-17)19(20(24)25)14(2)23(13)12-15-5-7-16(21)8-6-15/h5-8,17,22H,3-4,9-12H2,1-2H3,(H,24,25). The molecule has 2 aromatic rings. The highest BCUT2D eigenvalue weighted by Crippen LogP contribution is 2.24. The molecule has 0 saturated carbocycles. The fourth-order valence-electron chi connectivity index (χ4n) is 3.62. The van der Waals surface area contributed by atoms with Gasteiger partial charge in [0.15, 0.2) is 0 Å². The van der Waals surface area contributed by atoms with Gasteiger partial charge in [-0.1, -0.05) is 12.1 Å². The number of nitrogens with one attached hydrogen (secondary N) is 1. The zero-order chi connectivity index (χ0) is 18.7. The van der Waals surface area contributed by atoms with E-state index in [0.717, 1.165) is 42.8 Å².